The van der Waals surface area contributed by atoms with Gasteiger partial charge in [0.05, 0.1) is 12.1 Å². The van der Waals surface area contributed by atoms with Crippen molar-refractivity contribution < 1.29 is 4.74 Å². The summed E-state index contributed by atoms with van der Waals surface area (Å²) in [6, 6.07) is 2.88. The topological polar surface area (TPSA) is 77.1 Å². The van der Waals surface area contributed by atoms with Gasteiger partial charge in [-0.05, 0) is 52.6 Å². The number of fused-ring (bicyclic) bond motifs is 3. The molecule has 9 heteroatoms. The molecule has 2 saturated heterocycles. The lowest BCUT2D eigenvalue weighted by Gasteiger charge is -2.29. The molecule has 0 bridgehead atoms. The van der Waals surface area contributed by atoms with E-state index in [1.165, 1.54) is 38.8 Å². The van der Waals surface area contributed by atoms with Crippen LogP contribution in [0.4, 0.5) is 5.82 Å². The number of aromatic nitrogens is 6. The number of ether oxygens (including phenoxy) is 1. The quantitative estimate of drug-likeness (QED) is 0.593. The smallest absolute Gasteiger partial charge is 0.178 e. The first-order valence-corrected chi connectivity index (χ1v) is 12.3. The molecule has 33 heavy (non-hydrogen) atoms. The van der Waals surface area contributed by atoms with Gasteiger partial charge in [-0.3, -0.25) is 0 Å². The highest BCUT2D eigenvalue weighted by Crippen LogP contribution is 2.37. The third-order valence-corrected chi connectivity index (χ3v) is 7.09. The Bertz CT molecular complexity index is 1130. The minimum absolute atomic E-state index is 0.220. The van der Waals surface area contributed by atoms with Gasteiger partial charge in [0.25, 0.3) is 0 Å². The third-order valence-electron chi connectivity index (χ3n) is 7.09. The number of rotatable bonds is 5. The zero-order valence-corrected chi connectivity index (χ0v) is 19.5. The molecule has 3 aromatic rings. The highest BCUT2D eigenvalue weighted by Gasteiger charge is 2.30. The maximum atomic E-state index is 6.18. The van der Waals surface area contributed by atoms with Crippen LogP contribution < -0.4 is 9.64 Å². The van der Waals surface area contributed by atoms with Gasteiger partial charge in [-0.1, -0.05) is 0 Å². The summed E-state index contributed by atoms with van der Waals surface area (Å²) in [6.07, 6.45) is 10.7. The van der Waals surface area contributed by atoms with Gasteiger partial charge in [-0.15, -0.1) is 0 Å². The van der Waals surface area contributed by atoms with E-state index in [-0.39, 0.29) is 6.04 Å². The van der Waals surface area contributed by atoms with E-state index in [1.807, 2.05) is 10.9 Å². The lowest BCUT2D eigenvalue weighted by atomic mass is 10.2. The van der Waals surface area contributed by atoms with Gasteiger partial charge in [0.2, 0.25) is 0 Å². The molecule has 2 fully saturated rings. The Labute approximate surface area is 194 Å². The SMILES string of the molecule is CC(C)n1ncnc1-c1cn2c(n1)-c1cnc(N3CCCC3CN3CCCC3)cc1OCC2. The lowest BCUT2D eigenvalue weighted by Crippen LogP contribution is -2.39. The molecule has 0 N–H and O–H groups in total. The van der Waals surface area contributed by atoms with Crippen LogP contribution >= 0.6 is 0 Å². The minimum Gasteiger partial charge on any atom is -0.491 e. The second kappa shape index (κ2) is 8.44. The molecule has 9 nitrogen and oxygen atoms in total. The van der Waals surface area contributed by atoms with E-state index in [0.29, 0.717) is 12.6 Å². The zero-order chi connectivity index (χ0) is 22.4. The number of hydrogen-bond donors (Lipinski definition) is 0. The Hall–Kier alpha value is -2.94. The van der Waals surface area contributed by atoms with Crippen LogP contribution in [0.15, 0.2) is 24.8 Å². The van der Waals surface area contributed by atoms with Gasteiger partial charge in [-0.2, -0.15) is 5.10 Å². The van der Waals surface area contributed by atoms with E-state index in [1.54, 1.807) is 6.33 Å². The van der Waals surface area contributed by atoms with Crippen molar-refractivity contribution in [1.82, 2.24) is 34.2 Å². The Kier molecular flexibility index (Phi) is 5.28. The van der Waals surface area contributed by atoms with Gasteiger partial charge in [0.1, 0.15) is 36.0 Å². The summed E-state index contributed by atoms with van der Waals surface area (Å²) in [5.74, 6) is 3.56. The Morgan fingerprint density at radius 3 is 2.79 bits per heavy atom. The zero-order valence-electron chi connectivity index (χ0n) is 19.5. The molecule has 1 atom stereocenters. The molecule has 174 valence electrons. The van der Waals surface area contributed by atoms with Crippen LogP contribution in [0.2, 0.25) is 0 Å². The van der Waals surface area contributed by atoms with Crippen molar-refractivity contribution in [3.05, 3.63) is 24.8 Å². The standard InChI is InChI=1S/C24H32N8O/c1-17(2)32-24(26-16-27-32)20-15-30-10-11-33-21-12-22(25-13-19(21)23(30)28-20)31-9-5-6-18(31)14-29-7-3-4-8-29/h12-13,15-18H,3-11,14H2,1-2H3. The molecule has 0 aliphatic carbocycles. The van der Waals surface area contributed by atoms with Gasteiger partial charge in [0, 0.05) is 43.6 Å². The van der Waals surface area contributed by atoms with Gasteiger partial charge < -0.3 is 19.1 Å². The van der Waals surface area contributed by atoms with E-state index in [0.717, 1.165) is 54.1 Å². The van der Waals surface area contributed by atoms with Crippen molar-refractivity contribution in [2.75, 3.05) is 37.7 Å². The largest absolute Gasteiger partial charge is 0.491 e. The van der Waals surface area contributed by atoms with Crippen molar-refractivity contribution in [3.63, 3.8) is 0 Å². The van der Waals surface area contributed by atoms with Crippen LogP contribution in [0, 0.1) is 0 Å². The van der Waals surface area contributed by atoms with Gasteiger partial charge >= 0.3 is 0 Å². The number of imidazole rings is 1. The van der Waals surface area contributed by atoms with Crippen molar-refractivity contribution in [1.29, 1.82) is 0 Å². The average Bonchev–Trinajstić information content (AvgIpc) is 3.60. The lowest BCUT2D eigenvalue weighted by molar-refractivity contribution is 0.305. The van der Waals surface area contributed by atoms with E-state index >= 15 is 0 Å². The number of hydrogen-bond acceptors (Lipinski definition) is 7. The Balaban J connectivity index is 1.31. The summed E-state index contributed by atoms with van der Waals surface area (Å²) in [7, 11) is 0. The fourth-order valence-electron chi connectivity index (χ4n) is 5.44. The van der Waals surface area contributed by atoms with Crippen LogP contribution in [0.3, 0.4) is 0 Å². The molecular formula is C24H32N8O. The second-order valence-electron chi connectivity index (χ2n) is 9.65. The van der Waals surface area contributed by atoms with Crippen molar-refractivity contribution in [2.45, 2.75) is 58.2 Å². The Morgan fingerprint density at radius 1 is 1.06 bits per heavy atom. The molecule has 0 saturated carbocycles. The summed E-state index contributed by atoms with van der Waals surface area (Å²) in [5.41, 5.74) is 1.77. The third kappa shape index (κ3) is 3.78. The first kappa shape index (κ1) is 20.7. The predicted molar refractivity (Wildman–Crippen MR) is 126 cm³/mol. The number of nitrogens with zero attached hydrogens (tertiary/aromatic N) is 8. The highest BCUT2D eigenvalue weighted by molar-refractivity contribution is 5.69. The average molecular weight is 449 g/mol. The summed E-state index contributed by atoms with van der Waals surface area (Å²) >= 11 is 0. The molecule has 6 rings (SSSR count). The second-order valence-corrected chi connectivity index (χ2v) is 9.65. The molecule has 6 heterocycles. The summed E-state index contributed by atoms with van der Waals surface area (Å²) in [6.45, 7) is 10.2. The number of likely N-dealkylation sites (tertiary alicyclic amines) is 1. The molecule has 0 spiro atoms. The van der Waals surface area contributed by atoms with Crippen molar-refractivity contribution >= 4 is 5.82 Å². The van der Waals surface area contributed by atoms with Crippen molar-refractivity contribution in [2.24, 2.45) is 0 Å². The molecule has 3 aromatic heterocycles. The minimum atomic E-state index is 0.220. The molecule has 0 amide bonds. The van der Waals surface area contributed by atoms with E-state index in [9.17, 15) is 0 Å². The molecule has 0 radical (unpaired) electrons. The Morgan fingerprint density at radius 2 is 1.94 bits per heavy atom. The van der Waals surface area contributed by atoms with E-state index < -0.39 is 0 Å². The van der Waals surface area contributed by atoms with Crippen LogP contribution in [0.5, 0.6) is 5.75 Å². The molecule has 3 aliphatic heterocycles. The monoisotopic (exact) mass is 448 g/mol. The predicted octanol–water partition coefficient (Wildman–Crippen LogP) is 3.24. The maximum Gasteiger partial charge on any atom is 0.178 e. The van der Waals surface area contributed by atoms with E-state index in [4.69, 9.17) is 14.7 Å². The summed E-state index contributed by atoms with van der Waals surface area (Å²) < 4.78 is 10.2. The molecule has 3 aliphatic rings. The number of anilines is 1. The molecule has 1 unspecified atom stereocenters. The first-order chi connectivity index (χ1) is 16.2. The maximum absolute atomic E-state index is 6.18. The van der Waals surface area contributed by atoms with Crippen LogP contribution in [0.1, 0.15) is 45.6 Å². The normalized spacial score (nSPS) is 20.7. The molecular weight excluding hydrogens is 416 g/mol. The van der Waals surface area contributed by atoms with E-state index in [2.05, 4.69) is 50.6 Å². The summed E-state index contributed by atoms with van der Waals surface area (Å²) in [4.78, 5) is 19.4. The van der Waals surface area contributed by atoms with Gasteiger partial charge in [0.15, 0.2) is 5.82 Å². The van der Waals surface area contributed by atoms with Gasteiger partial charge in [-0.25, -0.2) is 19.6 Å². The van der Waals surface area contributed by atoms with Crippen LogP contribution in [-0.4, -0.2) is 73.0 Å². The fourth-order valence-corrected chi connectivity index (χ4v) is 5.44. The van der Waals surface area contributed by atoms with Crippen LogP contribution in [0.25, 0.3) is 22.9 Å². The van der Waals surface area contributed by atoms with Crippen molar-refractivity contribution in [3.8, 4) is 28.7 Å². The van der Waals surface area contributed by atoms with Crippen LogP contribution in [-0.2, 0) is 6.54 Å². The fraction of sp³-hybridized carbons (Fsp3) is 0.583. The number of pyridine rings is 1. The summed E-state index contributed by atoms with van der Waals surface area (Å²) in [5, 5.41) is 4.37. The molecule has 0 aromatic carbocycles. The first-order valence-electron chi connectivity index (χ1n) is 12.3. The highest BCUT2D eigenvalue weighted by atomic mass is 16.5.